The quantitative estimate of drug-likeness (QED) is 0.718. The average Bonchev–Trinajstić information content (AvgIpc) is 3.05. The second-order valence-electron chi connectivity index (χ2n) is 6.66. The lowest BCUT2D eigenvalue weighted by molar-refractivity contribution is 0.0683. The van der Waals surface area contributed by atoms with Crippen LogP contribution in [-0.4, -0.2) is 33.4 Å². The molecule has 0 saturated carbocycles. The lowest BCUT2D eigenvalue weighted by atomic mass is 9.99. The molecule has 2 aromatic heterocycles. The summed E-state index contributed by atoms with van der Waals surface area (Å²) in [6.45, 7) is 3.91. The van der Waals surface area contributed by atoms with Crippen molar-refractivity contribution in [3.05, 3.63) is 60.4 Å². The summed E-state index contributed by atoms with van der Waals surface area (Å²) in [4.78, 5) is 19.3. The van der Waals surface area contributed by atoms with Crippen LogP contribution >= 0.6 is 0 Å². The van der Waals surface area contributed by atoms with Gasteiger partial charge in [-0.25, -0.2) is 4.98 Å². The number of rotatable bonds is 2. The molecule has 0 radical (unpaired) electrons. The molecule has 4 heteroatoms. The number of aromatic nitrogens is 2. The number of para-hydroxylation sites is 1. The van der Waals surface area contributed by atoms with E-state index in [9.17, 15) is 4.79 Å². The van der Waals surface area contributed by atoms with Crippen LogP contribution in [0.15, 0.2) is 54.9 Å². The van der Waals surface area contributed by atoms with Crippen LogP contribution < -0.4 is 0 Å². The summed E-state index contributed by atoms with van der Waals surface area (Å²) < 4.78 is 2.05. The second kappa shape index (κ2) is 6.11. The number of carbonyl (C=O) groups excluding carboxylic acids is 1. The Morgan fingerprint density at radius 3 is 2.83 bits per heavy atom. The van der Waals surface area contributed by atoms with Gasteiger partial charge >= 0.3 is 0 Å². The Kier molecular flexibility index (Phi) is 3.81. The Hall–Kier alpha value is -2.62. The van der Waals surface area contributed by atoms with Crippen LogP contribution in [0.25, 0.3) is 16.7 Å². The summed E-state index contributed by atoms with van der Waals surface area (Å²) in [5, 5.41) is 0.995. The molecule has 1 aliphatic heterocycles. The first kappa shape index (κ1) is 14.9. The first-order valence-corrected chi connectivity index (χ1v) is 8.54. The van der Waals surface area contributed by atoms with Gasteiger partial charge in [0, 0.05) is 36.6 Å². The standard InChI is InChI=1S/C20H21N3O/c1-15-6-5-10-22(14-15)20(24)17-12-16-9-11-23(19(16)21-13-17)18-7-3-2-4-8-18/h2-4,7-9,11-13,15H,5-6,10,14H2,1H3/t15-/m1/s1. The van der Waals surface area contributed by atoms with Crippen LogP contribution in [0, 0.1) is 5.92 Å². The first-order chi connectivity index (χ1) is 11.7. The molecule has 3 aromatic rings. The zero-order chi connectivity index (χ0) is 16.5. The van der Waals surface area contributed by atoms with Crippen molar-refractivity contribution in [1.82, 2.24) is 14.5 Å². The molecule has 0 bridgehead atoms. The highest BCUT2D eigenvalue weighted by atomic mass is 16.2. The van der Waals surface area contributed by atoms with Gasteiger partial charge in [0.25, 0.3) is 5.91 Å². The predicted molar refractivity (Wildman–Crippen MR) is 95.4 cm³/mol. The summed E-state index contributed by atoms with van der Waals surface area (Å²) in [7, 11) is 0. The molecule has 0 spiro atoms. The molecule has 1 fully saturated rings. The molecule has 1 aliphatic rings. The Balaban J connectivity index is 1.66. The van der Waals surface area contributed by atoms with Gasteiger partial charge in [0.1, 0.15) is 5.65 Å². The van der Waals surface area contributed by atoms with Gasteiger partial charge in [-0.3, -0.25) is 4.79 Å². The monoisotopic (exact) mass is 319 g/mol. The van der Waals surface area contributed by atoms with E-state index in [-0.39, 0.29) is 5.91 Å². The van der Waals surface area contributed by atoms with Crippen molar-refractivity contribution in [2.75, 3.05) is 13.1 Å². The number of amides is 1. The van der Waals surface area contributed by atoms with Gasteiger partial charge in [0.05, 0.1) is 5.56 Å². The number of piperidine rings is 1. The third-order valence-electron chi connectivity index (χ3n) is 4.75. The number of hydrogen-bond donors (Lipinski definition) is 0. The summed E-state index contributed by atoms with van der Waals surface area (Å²) in [6, 6.07) is 14.1. The molecule has 1 aromatic carbocycles. The molecular formula is C20H21N3O. The van der Waals surface area contributed by atoms with Crippen molar-refractivity contribution in [3.8, 4) is 5.69 Å². The highest BCUT2D eigenvalue weighted by molar-refractivity contribution is 5.97. The maximum absolute atomic E-state index is 12.7. The molecule has 4 rings (SSSR count). The van der Waals surface area contributed by atoms with Crippen molar-refractivity contribution in [1.29, 1.82) is 0 Å². The van der Waals surface area contributed by atoms with Crippen LogP contribution in [0.3, 0.4) is 0 Å². The van der Waals surface area contributed by atoms with E-state index in [1.807, 2.05) is 46.0 Å². The summed E-state index contributed by atoms with van der Waals surface area (Å²) in [5.41, 5.74) is 2.64. The van der Waals surface area contributed by atoms with Gasteiger partial charge in [-0.2, -0.15) is 0 Å². The zero-order valence-electron chi connectivity index (χ0n) is 13.9. The van der Waals surface area contributed by atoms with E-state index in [2.05, 4.69) is 24.0 Å². The second-order valence-corrected chi connectivity index (χ2v) is 6.66. The van der Waals surface area contributed by atoms with Gasteiger partial charge in [-0.05, 0) is 43.0 Å². The fourth-order valence-electron chi connectivity index (χ4n) is 3.49. The maximum Gasteiger partial charge on any atom is 0.255 e. The molecule has 1 saturated heterocycles. The molecule has 24 heavy (non-hydrogen) atoms. The largest absolute Gasteiger partial charge is 0.338 e. The number of fused-ring (bicyclic) bond motifs is 1. The van der Waals surface area contributed by atoms with E-state index in [0.717, 1.165) is 36.2 Å². The minimum atomic E-state index is 0.100. The van der Waals surface area contributed by atoms with Crippen LogP contribution in [-0.2, 0) is 0 Å². The van der Waals surface area contributed by atoms with E-state index in [1.165, 1.54) is 6.42 Å². The zero-order valence-corrected chi connectivity index (χ0v) is 13.9. The predicted octanol–water partition coefficient (Wildman–Crippen LogP) is 3.90. The van der Waals surface area contributed by atoms with Gasteiger partial charge < -0.3 is 9.47 Å². The highest BCUT2D eigenvalue weighted by Crippen LogP contribution is 2.22. The first-order valence-electron chi connectivity index (χ1n) is 8.54. The van der Waals surface area contributed by atoms with Crippen LogP contribution in [0.4, 0.5) is 0 Å². The highest BCUT2D eigenvalue weighted by Gasteiger charge is 2.22. The van der Waals surface area contributed by atoms with Crippen LogP contribution in [0.2, 0.25) is 0 Å². The van der Waals surface area contributed by atoms with Crippen molar-refractivity contribution in [2.24, 2.45) is 5.92 Å². The molecule has 0 aliphatic carbocycles. The van der Waals surface area contributed by atoms with Crippen molar-refractivity contribution in [3.63, 3.8) is 0 Å². The molecule has 3 heterocycles. The number of nitrogens with zero attached hydrogens (tertiary/aromatic N) is 3. The van der Waals surface area contributed by atoms with Crippen molar-refractivity contribution >= 4 is 16.9 Å². The number of carbonyl (C=O) groups is 1. The fourth-order valence-corrected chi connectivity index (χ4v) is 3.49. The molecular weight excluding hydrogens is 298 g/mol. The normalized spacial score (nSPS) is 18.0. The van der Waals surface area contributed by atoms with E-state index in [0.29, 0.717) is 11.5 Å². The van der Waals surface area contributed by atoms with E-state index in [4.69, 9.17) is 0 Å². The topological polar surface area (TPSA) is 38.1 Å². The molecule has 122 valence electrons. The minimum Gasteiger partial charge on any atom is -0.338 e. The molecule has 0 N–H and O–H groups in total. The summed E-state index contributed by atoms with van der Waals surface area (Å²) >= 11 is 0. The Morgan fingerprint density at radius 2 is 2.04 bits per heavy atom. The third kappa shape index (κ3) is 2.68. The Morgan fingerprint density at radius 1 is 1.21 bits per heavy atom. The molecule has 0 unspecified atom stereocenters. The van der Waals surface area contributed by atoms with Crippen LogP contribution in [0.1, 0.15) is 30.1 Å². The molecule has 1 amide bonds. The number of hydrogen-bond acceptors (Lipinski definition) is 2. The van der Waals surface area contributed by atoms with Gasteiger partial charge in [0.2, 0.25) is 0 Å². The molecule has 1 atom stereocenters. The fraction of sp³-hybridized carbons (Fsp3) is 0.300. The summed E-state index contributed by atoms with van der Waals surface area (Å²) in [6.07, 6.45) is 6.02. The Labute approximate surface area is 141 Å². The average molecular weight is 319 g/mol. The lowest BCUT2D eigenvalue weighted by Crippen LogP contribution is -2.39. The van der Waals surface area contributed by atoms with Gasteiger partial charge in [-0.15, -0.1) is 0 Å². The Bertz CT molecular complexity index is 869. The number of likely N-dealkylation sites (tertiary alicyclic amines) is 1. The van der Waals surface area contributed by atoms with E-state index < -0.39 is 0 Å². The summed E-state index contributed by atoms with van der Waals surface area (Å²) in [5.74, 6) is 0.682. The van der Waals surface area contributed by atoms with Gasteiger partial charge in [-0.1, -0.05) is 25.1 Å². The van der Waals surface area contributed by atoms with Crippen molar-refractivity contribution < 1.29 is 4.79 Å². The smallest absolute Gasteiger partial charge is 0.255 e. The SMILES string of the molecule is C[C@@H]1CCCN(C(=O)c2cnc3c(ccn3-c3ccccc3)c2)C1. The minimum absolute atomic E-state index is 0.100. The maximum atomic E-state index is 12.7. The number of pyridine rings is 1. The van der Waals surface area contributed by atoms with E-state index >= 15 is 0 Å². The third-order valence-corrected chi connectivity index (χ3v) is 4.75. The lowest BCUT2D eigenvalue weighted by Gasteiger charge is -2.30. The number of benzene rings is 1. The van der Waals surface area contributed by atoms with Gasteiger partial charge in [0.15, 0.2) is 0 Å². The van der Waals surface area contributed by atoms with Crippen molar-refractivity contribution in [2.45, 2.75) is 19.8 Å². The molecule has 4 nitrogen and oxygen atoms in total. The van der Waals surface area contributed by atoms with Crippen LogP contribution in [0.5, 0.6) is 0 Å². The van der Waals surface area contributed by atoms with E-state index in [1.54, 1.807) is 6.20 Å².